The van der Waals surface area contributed by atoms with Crippen LogP contribution in [0.15, 0.2) is 48.1 Å². The molecule has 4 fully saturated rings. The fraction of sp³-hybridized carbons (Fsp3) is 0.556. The van der Waals surface area contributed by atoms with Crippen molar-refractivity contribution in [1.29, 1.82) is 0 Å². The summed E-state index contributed by atoms with van der Waals surface area (Å²) in [5.74, 6) is -0.961. The molecule has 8 atom stereocenters. The molecule has 4 saturated carbocycles. The zero-order chi connectivity index (χ0) is 23.3. The first-order valence-corrected chi connectivity index (χ1v) is 12.3. The van der Waals surface area contributed by atoms with E-state index < -0.39 is 28.5 Å². The van der Waals surface area contributed by atoms with E-state index in [-0.39, 0.29) is 29.4 Å². The highest BCUT2D eigenvalue weighted by molar-refractivity contribution is 6.30. The van der Waals surface area contributed by atoms with E-state index in [1.165, 1.54) is 5.57 Å². The van der Waals surface area contributed by atoms with Crippen LogP contribution in [-0.2, 0) is 16.1 Å². The topological polar surface area (TPSA) is 86.6 Å². The summed E-state index contributed by atoms with van der Waals surface area (Å²) in [6, 6.07) is 7.40. The van der Waals surface area contributed by atoms with Gasteiger partial charge in [-0.05, 0) is 67.2 Å². The monoisotopic (exact) mass is 467 g/mol. The standard InChI is InChI=1S/C27H30ClNO4/c1-14-11-26-13-27(14,33)7-6-19(26)18-9-16-10-20(30)25(2,23(16)31)21(18)22(26)24(32)29-12-15-4-3-5-17(28)8-15/h3-5,8-9,16,19,21-23,31,33H,1,6-7,10-13H2,2H3,(H,29,32)/t16-,19-,21+,22+,23-,25-,26-,27-/m0/s1. The number of aliphatic hydroxyl groups is 2. The van der Waals surface area contributed by atoms with E-state index in [9.17, 15) is 19.8 Å². The Morgan fingerprint density at radius 1 is 1.36 bits per heavy atom. The molecule has 1 aromatic carbocycles. The third-order valence-corrected chi connectivity index (χ3v) is 10.0. The predicted molar refractivity (Wildman–Crippen MR) is 124 cm³/mol. The lowest BCUT2D eigenvalue weighted by atomic mass is 9.60. The molecule has 0 saturated heterocycles. The van der Waals surface area contributed by atoms with Crippen LogP contribution >= 0.6 is 11.6 Å². The van der Waals surface area contributed by atoms with Gasteiger partial charge in [-0.2, -0.15) is 0 Å². The Kier molecular flexibility index (Phi) is 4.45. The van der Waals surface area contributed by atoms with Gasteiger partial charge in [0.15, 0.2) is 0 Å². The van der Waals surface area contributed by atoms with E-state index in [1.54, 1.807) is 6.07 Å². The number of hydrogen-bond acceptors (Lipinski definition) is 4. The fourth-order valence-corrected chi connectivity index (χ4v) is 8.55. The lowest BCUT2D eigenvalue weighted by molar-refractivity contribution is -0.141. The highest BCUT2D eigenvalue weighted by Gasteiger charge is 2.74. The SMILES string of the molecule is C=C1C[C@]23C[C@@]1(O)CC[C@H]2C1=C[C@H]2CC(=O)[C@@](C)([C@H]1[C@@H]3C(=O)NCc1cccc(Cl)c1)[C@H]2O. The molecule has 174 valence electrons. The van der Waals surface area contributed by atoms with Gasteiger partial charge in [-0.25, -0.2) is 0 Å². The first-order valence-electron chi connectivity index (χ1n) is 12.0. The third kappa shape index (κ3) is 2.67. The van der Waals surface area contributed by atoms with Gasteiger partial charge in [0.25, 0.3) is 0 Å². The molecule has 1 aromatic rings. The van der Waals surface area contributed by atoms with Crippen molar-refractivity contribution < 1.29 is 19.8 Å². The summed E-state index contributed by atoms with van der Waals surface area (Å²) in [4.78, 5) is 27.2. The lowest BCUT2D eigenvalue weighted by Gasteiger charge is -2.43. The quantitative estimate of drug-likeness (QED) is 0.593. The van der Waals surface area contributed by atoms with Crippen LogP contribution in [0.25, 0.3) is 0 Å². The Hall–Kier alpha value is -1.95. The summed E-state index contributed by atoms with van der Waals surface area (Å²) in [6.07, 6.45) is 4.18. The number of ketones is 1. The Bertz CT molecular complexity index is 1130. The molecule has 0 heterocycles. The third-order valence-electron chi connectivity index (χ3n) is 9.81. The van der Waals surface area contributed by atoms with E-state index in [2.05, 4.69) is 18.0 Å². The first-order chi connectivity index (χ1) is 15.6. The molecule has 5 aliphatic rings. The first kappa shape index (κ1) is 21.6. The number of rotatable bonds is 3. The number of hydrogen-bond donors (Lipinski definition) is 3. The zero-order valence-corrected chi connectivity index (χ0v) is 19.6. The molecular formula is C27H30ClNO4. The van der Waals surface area contributed by atoms with E-state index in [0.29, 0.717) is 37.3 Å². The van der Waals surface area contributed by atoms with Crippen molar-refractivity contribution in [2.45, 2.75) is 57.3 Å². The highest BCUT2D eigenvalue weighted by atomic mass is 35.5. The molecule has 6 heteroatoms. The second-order valence-corrected chi connectivity index (χ2v) is 11.7. The number of fused-ring (bicyclic) bond motifs is 6. The summed E-state index contributed by atoms with van der Waals surface area (Å²) in [7, 11) is 0. The van der Waals surface area contributed by atoms with Gasteiger partial charge in [-0.3, -0.25) is 9.59 Å². The number of allylic oxidation sites excluding steroid dienone is 1. The highest BCUT2D eigenvalue weighted by Crippen LogP contribution is 2.74. The van der Waals surface area contributed by atoms with Crippen LogP contribution in [0.4, 0.5) is 0 Å². The van der Waals surface area contributed by atoms with Crippen molar-refractivity contribution in [3.63, 3.8) is 0 Å². The minimum absolute atomic E-state index is 0.0472. The summed E-state index contributed by atoms with van der Waals surface area (Å²) in [5.41, 5.74) is 0.491. The van der Waals surface area contributed by atoms with Crippen LogP contribution in [0.1, 0.15) is 44.6 Å². The van der Waals surface area contributed by atoms with Crippen molar-refractivity contribution in [3.8, 4) is 0 Å². The molecule has 0 aromatic heterocycles. The molecule has 0 unspecified atom stereocenters. The van der Waals surface area contributed by atoms with Crippen molar-refractivity contribution in [2.75, 3.05) is 0 Å². The van der Waals surface area contributed by atoms with Crippen molar-refractivity contribution >= 4 is 23.3 Å². The number of nitrogens with one attached hydrogen (secondary N) is 1. The van der Waals surface area contributed by atoms with Crippen LogP contribution in [0.2, 0.25) is 5.02 Å². The number of amides is 1. The molecule has 5 nitrogen and oxygen atoms in total. The summed E-state index contributed by atoms with van der Waals surface area (Å²) in [6.45, 7) is 6.40. The average molecular weight is 468 g/mol. The van der Waals surface area contributed by atoms with Gasteiger partial charge in [-0.1, -0.05) is 42.0 Å². The Labute approximate surface area is 198 Å². The Morgan fingerprint density at radius 3 is 2.91 bits per heavy atom. The maximum Gasteiger partial charge on any atom is 0.224 e. The molecule has 3 N–H and O–H groups in total. The second-order valence-electron chi connectivity index (χ2n) is 11.3. The van der Waals surface area contributed by atoms with Crippen molar-refractivity contribution in [1.82, 2.24) is 5.32 Å². The largest absolute Gasteiger partial charge is 0.391 e. The number of benzene rings is 1. The van der Waals surface area contributed by atoms with Crippen LogP contribution in [0.3, 0.4) is 0 Å². The Morgan fingerprint density at radius 2 is 2.15 bits per heavy atom. The molecule has 4 bridgehead atoms. The fourth-order valence-electron chi connectivity index (χ4n) is 8.33. The van der Waals surface area contributed by atoms with Gasteiger partial charge in [-0.15, -0.1) is 0 Å². The van der Waals surface area contributed by atoms with E-state index in [4.69, 9.17) is 11.6 Å². The Balaban J connectivity index is 1.43. The molecule has 33 heavy (non-hydrogen) atoms. The summed E-state index contributed by atoms with van der Waals surface area (Å²) >= 11 is 6.12. The minimum atomic E-state index is -0.971. The van der Waals surface area contributed by atoms with Crippen LogP contribution < -0.4 is 5.32 Å². The molecule has 1 spiro atoms. The van der Waals surface area contributed by atoms with Gasteiger partial charge in [0, 0.05) is 29.8 Å². The van der Waals surface area contributed by atoms with Crippen LogP contribution in [0, 0.1) is 34.5 Å². The lowest BCUT2D eigenvalue weighted by Crippen LogP contribution is -2.51. The molecule has 5 aliphatic carbocycles. The molecule has 6 rings (SSSR count). The van der Waals surface area contributed by atoms with Gasteiger partial charge >= 0.3 is 0 Å². The second kappa shape index (κ2) is 6.80. The summed E-state index contributed by atoms with van der Waals surface area (Å²) in [5, 5.41) is 26.2. The van der Waals surface area contributed by atoms with Gasteiger partial charge < -0.3 is 15.5 Å². The maximum absolute atomic E-state index is 14.0. The zero-order valence-electron chi connectivity index (χ0n) is 18.8. The van der Waals surface area contributed by atoms with E-state index in [1.807, 2.05) is 25.1 Å². The normalized spacial score (nSPS) is 45.0. The number of halogens is 1. The maximum atomic E-state index is 14.0. The van der Waals surface area contributed by atoms with Gasteiger partial charge in [0.1, 0.15) is 5.78 Å². The average Bonchev–Trinajstić information content (AvgIpc) is 3.20. The number of Topliss-reactive ketones (excluding diaryl/α,β-unsaturated/α-hetero) is 1. The van der Waals surface area contributed by atoms with Crippen LogP contribution in [0.5, 0.6) is 0 Å². The number of carbonyl (C=O) groups excluding carboxylic acids is 2. The predicted octanol–water partition coefficient (Wildman–Crippen LogP) is 3.58. The van der Waals surface area contributed by atoms with Gasteiger partial charge in [0.2, 0.25) is 5.91 Å². The van der Waals surface area contributed by atoms with Crippen molar-refractivity contribution in [2.24, 2.45) is 34.5 Å². The number of aliphatic hydroxyl groups excluding tert-OH is 1. The van der Waals surface area contributed by atoms with E-state index >= 15 is 0 Å². The number of carbonyl (C=O) groups is 2. The summed E-state index contributed by atoms with van der Waals surface area (Å²) < 4.78 is 0. The molecular weight excluding hydrogens is 438 g/mol. The van der Waals surface area contributed by atoms with E-state index in [0.717, 1.165) is 17.6 Å². The molecule has 0 radical (unpaired) electrons. The molecule has 1 amide bonds. The van der Waals surface area contributed by atoms with Crippen LogP contribution in [-0.4, -0.2) is 33.6 Å². The van der Waals surface area contributed by atoms with Gasteiger partial charge in [0.05, 0.1) is 23.0 Å². The minimum Gasteiger partial charge on any atom is -0.391 e. The van der Waals surface area contributed by atoms with Crippen molar-refractivity contribution in [3.05, 3.63) is 58.7 Å². The smallest absolute Gasteiger partial charge is 0.224 e. The molecule has 0 aliphatic heterocycles.